The minimum atomic E-state index is -0.778. The summed E-state index contributed by atoms with van der Waals surface area (Å²) in [6.07, 6.45) is 4.55. The van der Waals surface area contributed by atoms with Crippen LogP contribution >= 0.6 is 0 Å². The number of carbonyl (C=O) groups is 1. The fourth-order valence-corrected chi connectivity index (χ4v) is 3.43. The largest absolute Gasteiger partial charge is 0.385 e. The Morgan fingerprint density at radius 1 is 1.59 bits per heavy atom. The zero-order valence-electron chi connectivity index (χ0n) is 11.0. The molecule has 0 saturated heterocycles. The highest BCUT2D eigenvalue weighted by Gasteiger charge is 2.54. The number of fused-ring (bicyclic) bond motifs is 1. The zero-order valence-corrected chi connectivity index (χ0v) is 11.0. The van der Waals surface area contributed by atoms with Crippen LogP contribution in [0, 0.1) is 11.3 Å². The molecule has 0 aromatic rings. The minimum absolute atomic E-state index is 0.0296. The highest BCUT2D eigenvalue weighted by Crippen LogP contribution is 2.57. The second-order valence-corrected chi connectivity index (χ2v) is 6.48. The Balaban J connectivity index is 2.26. The molecule has 0 spiro atoms. The molecule has 0 heterocycles. The second-order valence-electron chi connectivity index (χ2n) is 6.48. The van der Waals surface area contributed by atoms with E-state index in [0.717, 1.165) is 24.0 Å². The van der Waals surface area contributed by atoms with E-state index in [-0.39, 0.29) is 17.1 Å². The van der Waals surface area contributed by atoms with Gasteiger partial charge in [0, 0.05) is 6.42 Å². The summed E-state index contributed by atoms with van der Waals surface area (Å²) < 4.78 is 0. The number of ketones is 1. The molecular weight excluding hydrogens is 212 g/mol. The number of allylic oxidation sites excluding steroid dienone is 2. The summed E-state index contributed by atoms with van der Waals surface area (Å²) in [5.74, 6) is 0.414. The van der Waals surface area contributed by atoms with Crippen LogP contribution in [0.3, 0.4) is 0 Å². The predicted molar refractivity (Wildman–Crippen MR) is 68.6 cm³/mol. The Labute approximate surface area is 103 Å². The summed E-state index contributed by atoms with van der Waals surface area (Å²) >= 11 is 0. The highest BCUT2D eigenvalue weighted by molar-refractivity contribution is 5.94. The Kier molecular flexibility index (Phi) is 2.81. The molecule has 0 aromatic carbocycles. The molecule has 1 N–H and O–H groups in total. The van der Waals surface area contributed by atoms with Crippen LogP contribution in [0.4, 0.5) is 0 Å². The third kappa shape index (κ3) is 2.11. The van der Waals surface area contributed by atoms with Gasteiger partial charge in [0.25, 0.3) is 0 Å². The monoisotopic (exact) mass is 234 g/mol. The third-order valence-electron chi connectivity index (χ3n) is 4.29. The number of hydrogen-bond donors (Lipinski definition) is 1. The molecule has 2 nitrogen and oxygen atoms in total. The predicted octanol–water partition coefficient (Wildman–Crippen LogP) is 3.02. The average Bonchev–Trinajstić information content (AvgIpc) is 2.64. The molecule has 2 atom stereocenters. The lowest BCUT2D eigenvalue weighted by atomic mass is 9.80. The van der Waals surface area contributed by atoms with E-state index < -0.39 is 5.60 Å². The van der Waals surface area contributed by atoms with E-state index in [9.17, 15) is 9.90 Å². The molecule has 0 aliphatic heterocycles. The van der Waals surface area contributed by atoms with Crippen molar-refractivity contribution < 1.29 is 9.90 Å². The molecule has 2 aliphatic carbocycles. The van der Waals surface area contributed by atoms with Crippen molar-refractivity contribution in [1.82, 2.24) is 0 Å². The van der Waals surface area contributed by atoms with Gasteiger partial charge in [-0.2, -0.15) is 0 Å². The molecule has 2 rings (SSSR count). The van der Waals surface area contributed by atoms with Gasteiger partial charge in [0.15, 0.2) is 5.78 Å². The van der Waals surface area contributed by atoms with Crippen LogP contribution in [0.25, 0.3) is 0 Å². The van der Waals surface area contributed by atoms with E-state index in [1.165, 1.54) is 0 Å². The van der Waals surface area contributed by atoms with Gasteiger partial charge in [-0.25, -0.2) is 0 Å². The average molecular weight is 234 g/mol. The molecule has 0 bridgehead atoms. The molecule has 2 heteroatoms. The topological polar surface area (TPSA) is 37.3 Å². The van der Waals surface area contributed by atoms with Gasteiger partial charge in [-0.15, -0.1) is 6.58 Å². The Morgan fingerprint density at radius 2 is 2.24 bits per heavy atom. The maximum Gasteiger partial charge on any atom is 0.156 e. The highest BCUT2D eigenvalue weighted by atomic mass is 16.3. The van der Waals surface area contributed by atoms with Crippen LogP contribution in [0.2, 0.25) is 0 Å². The molecule has 1 fully saturated rings. The zero-order chi connectivity index (χ0) is 12.8. The van der Waals surface area contributed by atoms with E-state index in [4.69, 9.17) is 0 Å². The minimum Gasteiger partial charge on any atom is -0.385 e. The molecule has 17 heavy (non-hydrogen) atoms. The van der Waals surface area contributed by atoms with E-state index in [2.05, 4.69) is 20.4 Å². The standard InChI is InChI=1S/C15H22O2/c1-10(2)5-6-15(17)9-14(3,4)12-7-11(16)8-13(12)15/h8,12,17H,1,5-7,9H2,2-4H3/t12-,15+/m1/s1. The summed E-state index contributed by atoms with van der Waals surface area (Å²) in [4.78, 5) is 11.6. The normalized spacial score (nSPS) is 34.7. The maximum atomic E-state index is 11.6. The van der Waals surface area contributed by atoms with Crippen LogP contribution in [-0.4, -0.2) is 16.5 Å². The molecular formula is C15H22O2. The quantitative estimate of drug-likeness (QED) is 0.762. The van der Waals surface area contributed by atoms with Crippen LogP contribution in [0.15, 0.2) is 23.8 Å². The van der Waals surface area contributed by atoms with Crippen molar-refractivity contribution >= 4 is 5.78 Å². The van der Waals surface area contributed by atoms with Crippen molar-refractivity contribution in [3.05, 3.63) is 23.8 Å². The van der Waals surface area contributed by atoms with Gasteiger partial charge in [-0.1, -0.05) is 19.4 Å². The van der Waals surface area contributed by atoms with Crippen molar-refractivity contribution in [2.24, 2.45) is 11.3 Å². The Hall–Kier alpha value is -0.890. The molecule has 0 unspecified atom stereocenters. The maximum absolute atomic E-state index is 11.6. The SMILES string of the molecule is C=C(C)CC[C@]1(O)CC(C)(C)[C@@H]2CC(=O)C=C21. The van der Waals surface area contributed by atoms with Crippen molar-refractivity contribution in [3.63, 3.8) is 0 Å². The molecule has 0 amide bonds. The Bertz CT molecular complexity index is 403. The van der Waals surface area contributed by atoms with Crippen molar-refractivity contribution in [2.75, 3.05) is 0 Å². The number of hydrogen-bond acceptors (Lipinski definition) is 2. The van der Waals surface area contributed by atoms with Crippen LogP contribution in [-0.2, 0) is 4.79 Å². The number of carbonyl (C=O) groups excluding carboxylic acids is 1. The van der Waals surface area contributed by atoms with Crippen LogP contribution < -0.4 is 0 Å². The third-order valence-corrected chi connectivity index (χ3v) is 4.29. The van der Waals surface area contributed by atoms with Gasteiger partial charge >= 0.3 is 0 Å². The van der Waals surface area contributed by atoms with Crippen molar-refractivity contribution in [1.29, 1.82) is 0 Å². The van der Waals surface area contributed by atoms with Gasteiger partial charge in [-0.3, -0.25) is 4.79 Å². The lowest BCUT2D eigenvalue weighted by molar-refractivity contribution is -0.115. The first-order chi connectivity index (χ1) is 7.74. The molecule has 94 valence electrons. The van der Waals surface area contributed by atoms with E-state index in [0.29, 0.717) is 12.8 Å². The lowest BCUT2D eigenvalue weighted by Gasteiger charge is -2.26. The van der Waals surface area contributed by atoms with Gasteiger partial charge in [0.1, 0.15) is 0 Å². The van der Waals surface area contributed by atoms with Crippen molar-refractivity contribution in [3.8, 4) is 0 Å². The molecule has 2 aliphatic rings. The first-order valence-electron chi connectivity index (χ1n) is 6.36. The van der Waals surface area contributed by atoms with Crippen LogP contribution in [0.1, 0.15) is 46.5 Å². The molecule has 0 radical (unpaired) electrons. The van der Waals surface area contributed by atoms with Gasteiger partial charge < -0.3 is 5.11 Å². The molecule has 1 saturated carbocycles. The van der Waals surface area contributed by atoms with Gasteiger partial charge in [0.05, 0.1) is 5.60 Å². The first kappa shape index (κ1) is 12.6. The summed E-state index contributed by atoms with van der Waals surface area (Å²) in [5.41, 5.74) is 1.32. The number of rotatable bonds is 3. The Morgan fingerprint density at radius 3 is 2.82 bits per heavy atom. The van der Waals surface area contributed by atoms with E-state index in [1.807, 2.05) is 6.92 Å². The van der Waals surface area contributed by atoms with Gasteiger partial charge in [-0.05, 0) is 49.2 Å². The smallest absolute Gasteiger partial charge is 0.156 e. The fraction of sp³-hybridized carbons (Fsp3) is 0.667. The van der Waals surface area contributed by atoms with Crippen LogP contribution in [0.5, 0.6) is 0 Å². The summed E-state index contributed by atoms with van der Waals surface area (Å²) in [5, 5.41) is 10.8. The summed E-state index contributed by atoms with van der Waals surface area (Å²) in [6, 6.07) is 0. The lowest BCUT2D eigenvalue weighted by Crippen LogP contribution is -2.28. The fourth-order valence-electron chi connectivity index (χ4n) is 3.43. The molecule has 0 aromatic heterocycles. The summed E-state index contributed by atoms with van der Waals surface area (Å²) in [7, 11) is 0. The van der Waals surface area contributed by atoms with Crippen molar-refractivity contribution in [2.45, 2.75) is 52.1 Å². The second kappa shape index (κ2) is 3.81. The van der Waals surface area contributed by atoms with E-state index >= 15 is 0 Å². The number of aliphatic hydroxyl groups is 1. The van der Waals surface area contributed by atoms with Gasteiger partial charge in [0.2, 0.25) is 0 Å². The summed E-state index contributed by atoms with van der Waals surface area (Å²) in [6.45, 7) is 10.2. The van der Waals surface area contributed by atoms with E-state index in [1.54, 1.807) is 6.08 Å². The first-order valence-corrected chi connectivity index (χ1v) is 6.36.